The van der Waals surface area contributed by atoms with Crippen molar-refractivity contribution in [3.05, 3.63) is 35.6 Å². The molecule has 0 amide bonds. The Morgan fingerprint density at radius 1 is 1.38 bits per heavy atom. The van der Waals surface area contributed by atoms with Crippen LogP contribution in [0.5, 0.6) is 5.75 Å². The summed E-state index contributed by atoms with van der Waals surface area (Å²) in [5.74, 6) is -0.415. The molecule has 0 saturated carbocycles. The lowest BCUT2D eigenvalue weighted by atomic mass is 10.0. The summed E-state index contributed by atoms with van der Waals surface area (Å²) in [6.45, 7) is 1.83. The molecular formula is C12H14O4. The second-order valence-corrected chi connectivity index (χ2v) is 3.26. The van der Waals surface area contributed by atoms with Crippen molar-refractivity contribution < 1.29 is 19.4 Å². The van der Waals surface area contributed by atoms with Gasteiger partial charge in [0.2, 0.25) is 0 Å². The maximum atomic E-state index is 11.5. The maximum Gasteiger partial charge on any atom is 0.341 e. The molecule has 0 atom stereocenters. The van der Waals surface area contributed by atoms with E-state index < -0.39 is 5.97 Å². The van der Waals surface area contributed by atoms with Gasteiger partial charge in [-0.05, 0) is 30.2 Å². The Morgan fingerprint density at radius 3 is 2.62 bits per heavy atom. The van der Waals surface area contributed by atoms with E-state index in [1.54, 1.807) is 12.1 Å². The summed E-state index contributed by atoms with van der Waals surface area (Å²) in [5.41, 5.74) is 1.72. The minimum Gasteiger partial charge on any atom is -0.508 e. The second kappa shape index (κ2) is 5.21. The number of esters is 1. The molecule has 1 N–H and O–H groups in total. The van der Waals surface area contributed by atoms with Crippen LogP contribution in [-0.2, 0) is 14.3 Å². The summed E-state index contributed by atoms with van der Waals surface area (Å²) in [6.07, 6.45) is 1.30. The minimum absolute atomic E-state index is 0.0894. The SMILES string of the molecule is CO/C=C(/C(=O)OC)c1cc(O)ccc1C. The topological polar surface area (TPSA) is 55.8 Å². The first-order valence-electron chi connectivity index (χ1n) is 4.71. The van der Waals surface area contributed by atoms with Gasteiger partial charge >= 0.3 is 5.97 Å². The zero-order chi connectivity index (χ0) is 12.1. The normalized spacial score (nSPS) is 11.1. The van der Waals surface area contributed by atoms with E-state index in [4.69, 9.17) is 4.74 Å². The van der Waals surface area contributed by atoms with Gasteiger partial charge in [0.25, 0.3) is 0 Å². The fourth-order valence-corrected chi connectivity index (χ4v) is 1.35. The number of methoxy groups -OCH3 is 2. The van der Waals surface area contributed by atoms with E-state index in [2.05, 4.69) is 4.74 Å². The fourth-order valence-electron chi connectivity index (χ4n) is 1.35. The van der Waals surface area contributed by atoms with Gasteiger partial charge in [0, 0.05) is 0 Å². The van der Waals surface area contributed by atoms with Gasteiger partial charge in [-0.25, -0.2) is 4.79 Å². The minimum atomic E-state index is -0.504. The molecule has 86 valence electrons. The molecule has 4 nitrogen and oxygen atoms in total. The number of hydrogen-bond donors (Lipinski definition) is 1. The number of ether oxygens (including phenoxy) is 2. The van der Waals surface area contributed by atoms with Crippen molar-refractivity contribution in [2.24, 2.45) is 0 Å². The summed E-state index contributed by atoms with van der Waals surface area (Å²) in [5, 5.41) is 9.39. The van der Waals surface area contributed by atoms with Crippen molar-refractivity contribution in [1.82, 2.24) is 0 Å². The first-order valence-corrected chi connectivity index (χ1v) is 4.71. The van der Waals surface area contributed by atoms with Gasteiger partial charge in [-0.3, -0.25) is 0 Å². The molecule has 0 radical (unpaired) electrons. The van der Waals surface area contributed by atoms with E-state index in [0.29, 0.717) is 5.56 Å². The Morgan fingerprint density at radius 2 is 2.06 bits per heavy atom. The van der Waals surface area contributed by atoms with E-state index in [0.717, 1.165) is 5.56 Å². The van der Waals surface area contributed by atoms with Gasteiger partial charge in [0.15, 0.2) is 0 Å². The third-order valence-corrected chi connectivity index (χ3v) is 2.15. The Hall–Kier alpha value is -1.97. The molecule has 0 fully saturated rings. The maximum absolute atomic E-state index is 11.5. The van der Waals surface area contributed by atoms with Crippen LogP contribution in [0.2, 0.25) is 0 Å². The van der Waals surface area contributed by atoms with E-state index in [-0.39, 0.29) is 11.3 Å². The summed E-state index contributed by atoms with van der Waals surface area (Å²) < 4.78 is 9.48. The zero-order valence-corrected chi connectivity index (χ0v) is 9.48. The third-order valence-electron chi connectivity index (χ3n) is 2.15. The van der Waals surface area contributed by atoms with Gasteiger partial charge in [-0.1, -0.05) is 6.07 Å². The quantitative estimate of drug-likeness (QED) is 0.482. The number of carbonyl (C=O) groups excluding carboxylic acids is 1. The zero-order valence-electron chi connectivity index (χ0n) is 9.48. The summed E-state index contributed by atoms with van der Waals surface area (Å²) in [6, 6.07) is 4.77. The molecule has 0 aliphatic heterocycles. The molecule has 0 heterocycles. The summed E-state index contributed by atoms with van der Waals surface area (Å²) in [4.78, 5) is 11.5. The molecule has 0 saturated heterocycles. The summed E-state index contributed by atoms with van der Waals surface area (Å²) in [7, 11) is 2.74. The predicted molar refractivity (Wildman–Crippen MR) is 59.8 cm³/mol. The van der Waals surface area contributed by atoms with Crippen LogP contribution in [0.3, 0.4) is 0 Å². The molecule has 0 bridgehead atoms. The monoisotopic (exact) mass is 222 g/mol. The number of aryl methyl sites for hydroxylation is 1. The van der Waals surface area contributed by atoms with Crippen LogP contribution in [0.4, 0.5) is 0 Å². The van der Waals surface area contributed by atoms with Gasteiger partial charge in [0.05, 0.1) is 20.5 Å². The Bertz CT molecular complexity index is 421. The van der Waals surface area contributed by atoms with Crippen LogP contribution in [0, 0.1) is 6.92 Å². The third kappa shape index (κ3) is 2.53. The van der Waals surface area contributed by atoms with E-state index in [9.17, 15) is 9.90 Å². The highest BCUT2D eigenvalue weighted by Gasteiger charge is 2.15. The highest BCUT2D eigenvalue weighted by Crippen LogP contribution is 2.24. The van der Waals surface area contributed by atoms with Crippen LogP contribution in [0.15, 0.2) is 24.5 Å². The van der Waals surface area contributed by atoms with E-state index >= 15 is 0 Å². The smallest absolute Gasteiger partial charge is 0.341 e. The van der Waals surface area contributed by atoms with E-state index in [1.807, 2.05) is 6.92 Å². The highest BCUT2D eigenvalue weighted by molar-refractivity contribution is 6.16. The van der Waals surface area contributed by atoms with E-state index in [1.165, 1.54) is 26.5 Å². The number of phenols is 1. The first kappa shape index (κ1) is 12.1. The van der Waals surface area contributed by atoms with Crippen LogP contribution < -0.4 is 0 Å². The Kier molecular flexibility index (Phi) is 3.94. The average molecular weight is 222 g/mol. The molecule has 0 aliphatic rings. The lowest BCUT2D eigenvalue weighted by Gasteiger charge is -2.09. The number of carbonyl (C=O) groups is 1. The molecule has 4 heteroatoms. The van der Waals surface area contributed by atoms with Crippen LogP contribution in [-0.4, -0.2) is 25.3 Å². The fraction of sp³-hybridized carbons (Fsp3) is 0.250. The molecular weight excluding hydrogens is 208 g/mol. The largest absolute Gasteiger partial charge is 0.508 e. The number of aromatic hydroxyl groups is 1. The molecule has 1 rings (SSSR count). The first-order chi connectivity index (χ1) is 7.60. The standard InChI is InChI=1S/C12H14O4/c1-8-4-5-9(13)6-10(8)11(7-15-2)12(14)16-3/h4-7,13H,1-3H3/b11-7+. The van der Waals surface area contributed by atoms with Gasteiger partial charge in [-0.2, -0.15) is 0 Å². The van der Waals surface area contributed by atoms with Crippen molar-refractivity contribution >= 4 is 11.5 Å². The van der Waals surface area contributed by atoms with Crippen LogP contribution >= 0.6 is 0 Å². The lowest BCUT2D eigenvalue weighted by molar-refractivity contribution is -0.133. The van der Waals surface area contributed by atoms with Crippen molar-refractivity contribution in [2.75, 3.05) is 14.2 Å². The van der Waals surface area contributed by atoms with Crippen LogP contribution in [0.1, 0.15) is 11.1 Å². The molecule has 0 aromatic heterocycles. The van der Waals surface area contributed by atoms with Gasteiger partial charge < -0.3 is 14.6 Å². The lowest BCUT2D eigenvalue weighted by Crippen LogP contribution is -2.05. The number of benzene rings is 1. The van der Waals surface area contributed by atoms with Crippen molar-refractivity contribution in [2.45, 2.75) is 6.92 Å². The number of phenolic OH excluding ortho intramolecular Hbond substituents is 1. The Labute approximate surface area is 94.1 Å². The molecule has 1 aromatic carbocycles. The second-order valence-electron chi connectivity index (χ2n) is 3.26. The number of rotatable bonds is 3. The molecule has 0 aliphatic carbocycles. The summed E-state index contributed by atoms with van der Waals surface area (Å²) >= 11 is 0. The van der Waals surface area contributed by atoms with Crippen molar-refractivity contribution in [1.29, 1.82) is 0 Å². The molecule has 0 unspecified atom stereocenters. The highest BCUT2D eigenvalue weighted by atomic mass is 16.5. The number of hydrogen-bond acceptors (Lipinski definition) is 4. The molecule has 0 spiro atoms. The van der Waals surface area contributed by atoms with Crippen molar-refractivity contribution in [3.63, 3.8) is 0 Å². The predicted octanol–water partition coefficient (Wildman–Crippen LogP) is 1.86. The molecule has 16 heavy (non-hydrogen) atoms. The van der Waals surface area contributed by atoms with Gasteiger partial charge in [-0.15, -0.1) is 0 Å². The Balaban J connectivity index is 3.26. The van der Waals surface area contributed by atoms with Crippen molar-refractivity contribution in [3.8, 4) is 5.75 Å². The average Bonchev–Trinajstić information content (AvgIpc) is 2.28. The van der Waals surface area contributed by atoms with Gasteiger partial charge in [0.1, 0.15) is 11.3 Å². The molecule has 1 aromatic rings. The van der Waals surface area contributed by atoms with Crippen LogP contribution in [0.25, 0.3) is 5.57 Å².